The topological polar surface area (TPSA) is 93.3 Å². The number of nitro benzene ring substituents is 1. The Morgan fingerprint density at radius 2 is 1.81 bits per heavy atom. The van der Waals surface area contributed by atoms with Crippen LogP contribution in [0.15, 0.2) is 67.0 Å². The monoisotopic (exact) mass is 419 g/mol. The molecule has 1 amide bonds. The highest BCUT2D eigenvalue weighted by Crippen LogP contribution is 2.23. The van der Waals surface area contributed by atoms with Gasteiger partial charge in [0, 0.05) is 42.3 Å². The van der Waals surface area contributed by atoms with Crippen LogP contribution >= 0.6 is 0 Å². The largest absolute Gasteiger partial charge is 0.331 e. The predicted octanol–water partition coefficient (Wildman–Crippen LogP) is 3.81. The van der Waals surface area contributed by atoms with Crippen LogP contribution < -0.4 is 5.32 Å². The van der Waals surface area contributed by atoms with Gasteiger partial charge in [-0.25, -0.2) is 4.98 Å². The van der Waals surface area contributed by atoms with Crippen LogP contribution in [0.3, 0.4) is 0 Å². The van der Waals surface area contributed by atoms with Crippen molar-refractivity contribution in [2.45, 2.75) is 19.4 Å². The lowest BCUT2D eigenvalue weighted by Crippen LogP contribution is -2.40. The Morgan fingerprint density at radius 3 is 2.48 bits per heavy atom. The van der Waals surface area contributed by atoms with Gasteiger partial charge in [0.1, 0.15) is 5.82 Å². The standard InChI is InChI=1S/C23H25N5O3/c29-22(25-20-6-8-21(9-7-20)28(30)31)17-26-13-10-18(11-14-26)16-27-15-12-24-23(27)19-4-2-1-3-5-19/h1-9,12,15,18H,10-11,13-14,16-17H2,(H,25,29). The molecule has 2 aromatic carbocycles. The number of non-ortho nitro benzene ring substituents is 1. The Balaban J connectivity index is 1.25. The highest BCUT2D eigenvalue weighted by atomic mass is 16.6. The minimum Gasteiger partial charge on any atom is -0.331 e. The van der Waals surface area contributed by atoms with Crippen LogP contribution in [0.4, 0.5) is 11.4 Å². The number of carbonyl (C=O) groups is 1. The maximum absolute atomic E-state index is 12.3. The summed E-state index contributed by atoms with van der Waals surface area (Å²) in [6, 6.07) is 16.1. The number of nitrogens with zero attached hydrogens (tertiary/aromatic N) is 4. The summed E-state index contributed by atoms with van der Waals surface area (Å²) in [5.41, 5.74) is 1.69. The Hall–Kier alpha value is -3.52. The number of rotatable bonds is 7. The normalized spacial score (nSPS) is 15.0. The molecule has 0 unspecified atom stereocenters. The Bertz CT molecular complexity index is 1020. The van der Waals surface area contributed by atoms with E-state index in [1.165, 1.54) is 12.1 Å². The maximum atomic E-state index is 12.3. The average molecular weight is 419 g/mol. The number of carbonyl (C=O) groups excluding carboxylic acids is 1. The molecule has 0 aliphatic carbocycles. The number of anilines is 1. The average Bonchev–Trinajstić information content (AvgIpc) is 3.24. The second-order valence-electron chi connectivity index (χ2n) is 7.84. The fourth-order valence-electron chi connectivity index (χ4n) is 3.98. The van der Waals surface area contributed by atoms with E-state index >= 15 is 0 Å². The number of likely N-dealkylation sites (tertiary alicyclic amines) is 1. The van der Waals surface area contributed by atoms with Gasteiger partial charge in [-0.2, -0.15) is 0 Å². The lowest BCUT2D eigenvalue weighted by molar-refractivity contribution is -0.384. The van der Waals surface area contributed by atoms with Gasteiger partial charge in [-0.3, -0.25) is 19.8 Å². The van der Waals surface area contributed by atoms with Gasteiger partial charge in [-0.05, 0) is 44.0 Å². The molecule has 160 valence electrons. The minimum absolute atomic E-state index is 0.00776. The molecule has 0 spiro atoms. The third-order valence-electron chi connectivity index (χ3n) is 5.64. The number of nitrogens with one attached hydrogen (secondary N) is 1. The van der Waals surface area contributed by atoms with Crippen molar-refractivity contribution in [2.75, 3.05) is 25.0 Å². The Labute approximate surface area is 180 Å². The molecule has 0 saturated carbocycles. The molecule has 31 heavy (non-hydrogen) atoms. The summed E-state index contributed by atoms with van der Waals surface area (Å²) in [7, 11) is 0. The zero-order chi connectivity index (χ0) is 21.6. The van der Waals surface area contributed by atoms with E-state index < -0.39 is 4.92 Å². The summed E-state index contributed by atoms with van der Waals surface area (Å²) >= 11 is 0. The van der Waals surface area contributed by atoms with Crippen molar-refractivity contribution in [3.05, 3.63) is 77.1 Å². The van der Waals surface area contributed by atoms with E-state index in [0.717, 1.165) is 43.9 Å². The number of hydrogen-bond donors (Lipinski definition) is 1. The van der Waals surface area contributed by atoms with Crippen molar-refractivity contribution in [3.8, 4) is 11.4 Å². The first kappa shape index (κ1) is 20.7. The fourth-order valence-corrected chi connectivity index (χ4v) is 3.98. The van der Waals surface area contributed by atoms with Gasteiger partial charge in [0.2, 0.25) is 5.91 Å². The molecule has 8 heteroatoms. The maximum Gasteiger partial charge on any atom is 0.269 e. The van der Waals surface area contributed by atoms with E-state index in [4.69, 9.17) is 0 Å². The number of hydrogen-bond acceptors (Lipinski definition) is 5. The van der Waals surface area contributed by atoms with E-state index in [0.29, 0.717) is 18.2 Å². The van der Waals surface area contributed by atoms with Gasteiger partial charge >= 0.3 is 0 Å². The molecule has 8 nitrogen and oxygen atoms in total. The first-order chi connectivity index (χ1) is 15.1. The highest BCUT2D eigenvalue weighted by Gasteiger charge is 2.22. The van der Waals surface area contributed by atoms with E-state index in [2.05, 4.69) is 31.9 Å². The smallest absolute Gasteiger partial charge is 0.269 e. The molecule has 1 fully saturated rings. The number of benzene rings is 2. The molecule has 3 aromatic rings. The molecule has 1 aromatic heterocycles. The van der Waals surface area contributed by atoms with Crippen molar-refractivity contribution in [3.63, 3.8) is 0 Å². The van der Waals surface area contributed by atoms with Crippen LogP contribution in [0.1, 0.15) is 12.8 Å². The minimum atomic E-state index is -0.456. The molecule has 1 saturated heterocycles. The van der Waals surface area contributed by atoms with Crippen LogP contribution in [0.2, 0.25) is 0 Å². The van der Waals surface area contributed by atoms with Gasteiger partial charge in [0.05, 0.1) is 11.5 Å². The van der Waals surface area contributed by atoms with Crippen LogP contribution in [0, 0.1) is 16.0 Å². The Morgan fingerprint density at radius 1 is 1.10 bits per heavy atom. The summed E-state index contributed by atoms with van der Waals surface area (Å²) in [6.07, 6.45) is 5.93. The van der Waals surface area contributed by atoms with E-state index in [-0.39, 0.29) is 11.6 Å². The molecule has 4 rings (SSSR count). The highest BCUT2D eigenvalue weighted by molar-refractivity contribution is 5.92. The van der Waals surface area contributed by atoms with Gasteiger partial charge in [0.25, 0.3) is 5.69 Å². The molecular weight excluding hydrogens is 394 g/mol. The van der Waals surface area contributed by atoms with Crippen molar-refractivity contribution in [2.24, 2.45) is 5.92 Å². The molecule has 1 aliphatic rings. The van der Waals surface area contributed by atoms with Gasteiger partial charge < -0.3 is 9.88 Å². The molecule has 1 aliphatic heterocycles. The van der Waals surface area contributed by atoms with Gasteiger partial charge in [-0.15, -0.1) is 0 Å². The van der Waals surface area contributed by atoms with Crippen LogP contribution in [0.25, 0.3) is 11.4 Å². The molecular formula is C23H25N5O3. The predicted molar refractivity (Wildman–Crippen MR) is 119 cm³/mol. The summed E-state index contributed by atoms with van der Waals surface area (Å²) in [6.45, 7) is 2.98. The first-order valence-corrected chi connectivity index (χ1v) is 10.4. The van der Waals surface area contributed by atoms with Crippen LogP contribution in [0.5, 0.6) is 0 Å². The van der Waals surface area contributed by atoms with Crippen molar-refractivity contribution in [1.82, 2.24) is 14.5 Å². The van der Waals surface area contributed by atoms with Gasteiger partial charge in [-0.1, -0.05) is 30.3 Å². The Kier molecular flexibility index (Phi) is 6.37. The number of aromatic nitrogens is 2. The second-order valence-corrected chi connectivity index (χ2v) is 7.84. The molecule has 1 N–H and O–H groups in total. The number of piperidine rings is 1. The molecule has 0 atom stereocenters. The zero-order valence-electron chi connectivity index (χ0n) is 17.2. The van der Waals surface area contributed by atoms with Crippen molar-refractivity contribution < 1.29 is 9.72 Å². The SMILES string of the molecule is O=C(CN1CCC(Cn2ccnc2-c2ccccc2)CC1)Nc1ccc([N+](=O)[O-])cc1. The third kappa shape index (κ3) is 5.35. The third-order valence-corrected chi connectivity index (χ3v) is 5.64. The molecule has 2 heterocycles. The molecule has 0 bridgehead atoms. The lowest BCUT2D eigenvalue weighted by Gasteiger charge is -2.31. The second kappa shape index (κ2) is 9.53. The van der Waals surface area contributed by atoms with E-state index in [9.17, 15) is 14.9 Å². The number of amides is 1. The van der Waals surface area contributed by atoms with Crippen molar-refractivity contribution >= 4 is 17.3 Å². The first-order valence-electron chi connectivity index (χ1n) is 10.4. The summed E-state index contributed by atoms with van der Waals surface area (Å²) < 4.78 is 2.22. The van der Waals surface area contributed by atoms with E-state index in [1.807, 2.05) is 30.6 Å². The number of imidazole rings is 1. The van der Waals surface area contributed by atoms with E-state index in [1.54, 1.807) is 12.1 Å². The number of nitro groups is 1. The summed E-state index contributed by atoms with van der Waals surface area (Å²) in [5.74, 6) is 1.43. The fraction of sp³-hybridized carbons (Fsp3) is 0.304. The van der Waals surface area contributed by atoms with Crippen molar-refractivity contribution in [1.29, 1.82) is 0 Å². The zero-order valence-corrected chi connectivity index (χ0v) is 17.2. The van der Waals surface area contributed by atoms with Crippen LogP contribution in [-0.2, 0) is 11.3 Å². The summed E-state index contributed by atoms with van der Waals surface area (Å²) in [5, 5.41) is 13.5. The van der Waals surface area contributed by atoms with Gasteiger partial charge in [0.15, 0.2) is 0 Å². The lowest BCUT2D eigenvalue weighted by atomic mass is 9.96. The quantitative estimate of drug-likeness (QED) is 0.464. The molecule has 0 radical (unpaired) electrons. The summed E-state index contributed by atoms with van der Waals surface area (Å²) in [4.78, 5) is 29.3. The van der Waals surface area contributed by atoms with Crippen LogP contribution in [-0.4, -0.2) is 44.9 Å².